The molecule has 0 unspecified atom stereocenters. The molecule has 0 amide bonds. The van der Waals surface area contributed by atoms with Gasteiger partial charge >= 0.3 is 0 Å². The number of allylic oxidation sites excluding steroid dienone is 3. The maximum atomic E-state index is 12.8. The van der Waals surface area contributed by atoms with Crippen molar-refractivity contribution in [3.8, 4) is 0 Å². The molecule has 1 nitrogen and oxygen atoms in total. The van der Waals surface area contributed by atoms with Gasteiger partial charge < -0.3 is 4.90 Å². The normalized spacial score (nSPS) is 15.9. The minimum Gasteiger partial charge on any atom is -0.344 e. The Balaban J connectivity index is 2.42. The highest BCUT2D eigenvalue weighted by Crippen LogP contribution is 2.31. The van der Waals surface area contributed by atoms with Crippen molar-refractivity contribution < 1.29 is 4.39 Å². The summed E-state index contributed by atoms with van der Waals surface area (Å²) in [5, 5.41) is 0. The second-order valence-electron chi connectivity index (χ2n) is 3.58. The summed E-state index contributed by atoms with van der Waals surface area (Å²) in [6.07, 6.45) is 4.03. The van der Waals surface area contributed by atoms with E-state index in [-0.39, 0.29) is 5.82 Å². The van der Waals surface area contributed by atoms with E-state index in [0.29, 0.717) is 0 Å². The van der Waals surface area contributed by atoms with Gasteiger partial charge in [-0.05, 0) is 64.6 Å². The second kappa shape index (κ2) is 4.41. The lowest BCUT2D eigenvalue weighted by atomic mass is 10.1. The van der Waals surface area contributed by atoms with Crippen molar-refractivity contribution in [2.45, 2.75) is 0 Å². The highest BCUT2D eigenvalue weighted by molar-refractivity contribution is 14.1. The van der Waals surface area contributed by atoms with Gasteiger partial charge in [0.05, 0.1) is 0 Å². The van der Waals surface area contributed by atoms with Crippen LogP contribution in [0.5, 0.6) is 0 Å². The van der Waals surface area contributed by atoms with Gasteiger partial charge in [0.25, 0.3) is 0 Å². The molecule has 0 aromatic heterocycles. The fourth-order valence-electron chi connectivity index (χ4n) is 1.58. The molecule has 2 rings (SSSR count). The van der Waals surface area contributed by atoms with E-state index in [1.54, 1.807) is 12.1 Å². The van der Waals surface area contributed by atoms with E-state index in [2.05, 4.69) is 29.2 Å². The van der Waals surface area contributed by atoms with Gasteiger partial charge in [0.2, 0.25) is 0 Å². The lowest BCUT2D eigenvalue weighted by molar-refractivity contribution is 0.611. The second-order valence-corrected chi connectivity index (χ2v) is 4.74. The van der Waals surface area contributed by atoms with Gasteiger partial charge in [-0.25, -0.2) is 4.39 Å². The molecule has 0 saturated carbocycles. The van der Waals surface area contributed by atoms with Gasteiger partial charge in [-0.1, -0.05) is 6.58 Å². The van der Waals surface area contributed by atoms with Crippen molar-refractivity contribution in [2.75, 3.05) is 7.05 Å². The molecule has 1 aromatic rings. The smallest absolute Gasteiger partial charge is 0.123 e. The van der Waals surface area contributed by atoms with Crippen LogP contribution in [0.25, 0.3) is 5.70 Å². The largest absolute Gasteiger partial charge is 0.344 e. The minimum absolute atomic E-state index is 0.216. The minimum atomic E-state index is -0.216. The van der Waals surface area contributed by atoms with Gasteiger partial charge in [0.1, 0.15) is 5.82 Å². The van der Waals surface area contributed by atoms with Gasteiger partial charge in [-0.3, -0.25) is 0 Å². The molecule has 0 bridgehead atoms. The van der Waals surface area contributed by atoms with Crippen LogP contribution in [0.2, 0.25) is 0 Å². The van der Waals surface area contributed by atoms with Crippen LogP contribution in [0.4, 0.5) is 4.39 Å². The van der Waals surface area contributed by atoms with Crippen LogP contribution >= 0.6 is 22.6 Å². The number of likely N-dealkylation sites (N-methyl/N-ethyl adjacent to an activating group) is 1. The standard InChI is InChI=1S/C13H11FIN/c1-9-12(15)7-8-13(16(9)2)10-3-5-11(14)6-4-10/h3-8H,1H2,2H3. The topological polar surface area (TPSA) is 3.24 Å². The van der Waals surface area contributed by atoms with Crippen molar-refractivity contribution in [3.05, 3.63) is 63.7 Å². The molecule has 16 heavy (non-hydrogen) atoms. The molecular formula is C13H11FIN. The third kappa shape index (κ3) is 2.04. The Morgan fingerprint density at radius 3 is 2.44 bits per heavy atom. The Hall–Kier alpha value is -1.10. The molecule has 1 aromatic carbocycles. The van der Waals surface area contributed by atoms with Gasteiger partial charge in [-0.15, -0.1) is 0 Å². The Morgan fingerprint density at radius 2 is 1.81 bits per heavy atom. The maximum Gasteiger partial charge on any atom is 0.123 e. The highest BCUT2D eigenvalue weighted by atomic mass is 127. The van der Waals surface area contributed by atoms with Crippen LogP contribution < -0.4 is 0 Å². The van der Waals surface area contributed by atoms with E-state index in [1.807, 2.05) is 24.1 Å². The molecule has 1 heterocycles. The van der Waals surface area contributed by atoms with Crippen molar-refractivity contribution in [1.82, 2.24) is 4.90 Å². The summed E-state index contributed by atoms with van der Waals surface area (Å²) in [7, 11) is 1.96. The van der Waals surface area contributed by atoms with Crippen LogP contribution in [0.15, 0.2) is 52.3 Å². The number of halogens is 2. The average molecular weight is 327 g/mol. The molecule has 82 valence electrons. The quantitative estimate of drug-likeness (QED) is 0.706. The summed E-state index contributed by atoms with van der Waals surface area (Å²) in [5.41, 5.74) is 2.98. The third-order valence-corrected chi connectivity index (χ3v) is 3.55. The predicted octanol–water partition coefficient (Wildman–Crippen LogP) is 3.94. The molecule has 0 atom stereocenters. The monoisotopic (exact) mass is 327 g/mol. The van der Waals surface area contributed by atoms with Gasteiger partial charge in [-0.2, -0.15) is 0 Å². The van der Waals surface area contributed by atoms with Crippen molar-refractivity contribution >= 4 is 28.3 Å². The van der Waals surface area contributed by atoms with E-state index in [4.69, 9.17) is 0 Å². The summed E-state index contributed by atoms with van der Waals surface area (Å²) in [4.78, 5) is 2.01. The van der Waals surface area contributed by atoms with E-state index < -0.39 is 0 Å². The number of hydrogen-bond acceptors (Lipinski definition) is 1. The van der Waals surface area contributed by atoms with Gasteiger partial charge in [0.15, 0.2) is 0 Å². The van der Waals surface area contributed by atoms with Gasteiger partial charge in [0, 0.05) is 22.0 Å². The number of hydrogen-bond donors (Lipinski definition) is 0. The van der Waals surface area contributed by atoms with E-state index in [1.165, 1.54) is 12.1 Å². The average Bonchev–Trinajstić information content (AvgIpc) is 2.28. The molecule has 0 spiro atoms. The zero-order valence-corrected chi connectivity index (χ0v) is 11.0. The summed E-state index contributed by atoms with van der Waals surface area (Å²) in [6, 6.07) is 6.49. The Kier molecular flexibility index (Phi) is 3.14. The predicted molar refractivity (Wildman–Crippen MR) is 73.4 cm³/mol. The molecule has 0 radical (unpaired) electrons. The lowest BCUT2D eigenvalue weighted by Crippen LogP contribution is -2.17. The Labute approximate surface area is 108 Å². The van der Waals surface area contributed by atoms with E-state index >= 15 is 0 Å². The Bertz CT molecular complexity index is 485. The zero-order valence-electron chi connectivity index (χ0n) is 8.87. The first kappa shape index (κ1) is 11.4. The number of benzene rings is 1. The zero-order chi connectivity index (χ0) is 11.7. The summed E-state index contributed by atoms with van der Waals surface area (Å²) < 4.78 is 13.9. The first-order valence-corrected chi connectivity index (χ1v) is 5.94. The fraction of sp³-hybridized carbons (Fsp3) is 0.0769. The van der Waals surface area contributed by atoms with Crippen molar-refractivity contribution in [2.24, 2.45) is 0 Å². The number of rotatable bonds is 1. The first-order valence-electron chi connectivity index (χ1n) is 4.86. The highest BCUT2D eigenvalue weighted by Gasteiger charge is 2.15. The van der Waals surface area contributed by atoms with Crippen molar-refractivity contribution in [3.63, 3.8) is 0 Å². The van der Waals surface area contributed by atoms with E-state index in [0.717, 1.165) is 20.5 Å². The third-order valence-electron chi connectivity index (χ3n) is 2.57. The molecule has 0 aliphatic carbocycles. The lowest BCUT2D eigenvalue weighted by Gasteiger charge is -2.27. The molecule has 3 heteroatoms. The van der Waals surface area contributed by atoms with Crippen LogP contribution in [-0.4, -0.2) is 11.9 Å². The van der Waals surface area contributed by atoms with Crippen LogP contribution in [0, 0.1) is 5.82 Å². The molecule has 1 aliphatic rings. The molecule has 1 aliphatic heterocycles. The summed E-state index contributed by atoms with van der Waals surface area (Å²) in [6.45, 7) is 4.00. The number of nitrogens with zero attached hydrogens (tertiary/aromatic N) is 1. The maximum absolute atomic E-state index is 12.8. The molecule has 0 N–H and O–H groups in total. The van der Waals surface area contributed by atoms with Crippen LogP contribution in [-0.2, 0) is 0 Å². The summed E-state index contributed by atoms with van der Waals surface area (Å²) >= 11 is 2.25. The molecular weight excluding hydrogens is 316 g/mol. The summed E-state index contributed by atoms with van der Waals surface area (Å²) in [5.74, 6) is -0.216. The van der Waals surface area contributed by atoms with Crippen LogP contribution in [0.1, 0.15) is 5.56 Å². The SMILES string of the molecule is C=C1C(I)=CC=C(c2ccc(F)cc2)N1C. The van der Waals surface area contributed by atoms with E-state index in [9.17, 15) is 4.39 Å². The fourth-order valence-corrected chi connectivity index (χ4v) is 2.12. The first-order chi connectivity index (χ1) is 7.59. The molecule has 0 saturated heterocycles. The van der Waals surface area contributed by atoms with Crippen LogP contribution in [0.3, 0.4) is 0 Å². The molecule has 0 fully saturated rings. The Morgan fingerprint density at radius 1 is 1.19 bits per heavy atom. The van der Waals surface area contributed by atoms with Crippen molar-refractivity contribution in [1.29, 1.82) is 0 Å².